The molecule has 2 atom stereocenters. The number of hydrogen-bond donors (Lipinski definition) is 1. The first-order chi connectivity index (χ1) is 9.52. The van der Waals surface area contributed by atoms with Gasteiger partial charge in [0.1, 0.15) is 6.10 Å². The van der Waals surface area contributed by atoms with Crippen LogP contribution in [-0.2, 0) is 9.47 Å². The highest BCUT2D eigenvalue weighted by Gasteiger charge is 2.24. The third-order valence-corrected chi connectivity index (χ3v) is 3.10. The number of aliphatic hydroxyl groups is 1. The zero-order valence-corrected chi connectivity index (χ0v) is 13.1. The van der Waals surface area contributed by atoms with E-state index in [0.717, 1.165) is 12.2 Å². The van der Waals surface area contributed by atoms with Gasteiger partial charge in [-0.3, -0.25) is 0 Å². The van der Waals surface area contributed by atoms with Crippen LogP contribution in [0.3, 0.4) is 0 Å². The maximum absolute atomic E-state index is 10.4. The predicted molar refractivity (Wildman–Crippen MR) is 81.6 cm³/mol. The number of ether oxygens (including phenoxy) is 2. The Labute approximate surface area is 122 Å². The molecular weight excluding hydrogens is 252 g/mol. The molecular formula is C17H28O3. The summed E-state index contributed by atoms with van der Waals surface area (Å²) in [6.07, 6.45) is -0.804. The molecule has 2 unspecified atom stereocenters. The molecule has 0 aliphatic rings. The van der Waals surface area contributed by atoms with E-state index in [9.17, 15) is 5.11 Å². The minimum absolute atomic E-state index is 0.208. The van der Waals surface area contributed by atoms with Gasteiger partial charge in [-0.2, -0.15) is 0 Å². The van der Waals surface area contributed by atoms with Crippen LogP contribution in [0.5, 0.6) is 0 Å². The molecule has 114 valence electrons. The molecule has 0 aliphatic heterocycles. The summed E-state index contributed by atoms with van der Waals surface area (Å²) in [6.45, 7) is 10.2. The molecule has 0 saturated carbocycles. The molecule has 0 spiro atoms. The van der Waals surface area contributed by atoms with Gasteiger partial charge in [-0.1, -0.05) is 58.0 Å². The largest absolute Gasteiger partial charge is 0.386 e. The van der Waals surface area contributed by atoms with Crippen molar-refractivity contribution in [2.24, 2.45) is 11.8 Å². The van der Waals surface area contributed by atoms with E-state index in [2.05, 4.69) is 27.7 Å². The Morgan fingerprint density at radius 1 is 1.00 bits per heavy atom. The predicted octanol–water partition coefficient (Wildman–Crippen LogP) is 3.43. The Hall–Kier alpha value is -0.900. The van der Waals surface area contributed by atoms with Crippen molar-refractivity contribution >= 4 is 0 Å². The monoisotopic (exact) mass is 280 g/mol. The summed E-state index contributed by atoms with van der Waals surface area (Å²) in [6, 6.07) is 9.67. The van der Waals surface area contributed by atoms with Crippen molar-refractivity contribution in [3.63, 3.8) is 0 Å². The first-order valence-electron chi connectivity index (χ1n) is 7.44. The van der Waals surface area contributed by atoms with Crippen molar-refractivity contribution in [1.29, 1.82) is 0 Å². The molecule has 1 N–H and O–H groups in total. The van der Waals surface area contributed by atoms with Crippen LogP contribution in [0.1, 0.15) is 39.4 Å². The maximum atomic E-state index is 10.4. The molecule has 1 aromatic rings. The lowest BCUT2D eigenvalue weighted by Gasteiger charge is -2.27. The molecule has 0 fully saturated rings. The van der Waals surface area contributed by atoms with Gasteiger partial charge in [0, 0.05) is 6.61 Å². The van der Waals surface area contributed by atoms with Gasteiger partial charge in [0.05, 0.1) is 19.3 Å². The van der Waals surface area contributed by atoms with Gasteiger partial charge >= 0.3 is 0 Å². The summed E-state index contributed by atoms with van der Waals surface area (Å²) in [4.78, 5) is 0. The summed E-state index contributed by atoms with van der Waals surface area (Å²) in [7, 11) is 0. The minimum atomic E-state index is -0.596. The standard InChI is InChI=1S/C17H28O3/c1-13(2)12-19-10-11-20-17(14(3)4)16(18)15-8-6-5-7-9-15/h5-9,13-14,16-18H,10-12H2,1-4H3. The summed E-state index contributed by atoms with van der Waals surface area (Å²) >= 11 is 0. The normalized spacial score (nSPS) is 14.8. The molecule has 0 bridgehead atoms. The molecule has 3 heteroatoms. The highest BCUT2D eigenvalue weighted by Crippen LogP contribution is 2.24. The Kier molecular flexibility index (Phi) is 7.82. The smallest absolute Gasteiger partial charge is 0.105 e. The lowest BCUT2D eigenvalue weighted by atomic mass is 9.96. The van der Waals surface area contributed by atoms with Crippen LogP contribution in [0.2, 0.25) is 0 Å². The number of benzene rings is 1. The quantitative estimate of drug-likeness (QED) is 0.704. The van der Waals surface area contributed by atoms with Crippen molar-refractivity contribution < 1.29 is 14.6 Å². The van der Waals surface area contributed by atoms with Gasteiger partial charge in [0.2, 0.25) is 0 Å². The maximum Gasteiger partial charge on any atom is 0.105 e. The summed E-state index contributed by atoms with van der Waals surface area (Å²) < 4.78 is 11.3. The van der Waals surface area contributed by atoms with Gasteiger partial charge in [-0.25, -0.2) is 0 Å². The molecule has 20 heavy (non-hydrogen) atoms. The second-order valence-electron chi connectivity index (χ2n) is 5.90. The molecule has 0 saturated heterocycles. The average molecular weight is 280 g/mol. The molecule has 0 aliphatic carbocycles. The van der Waals surface area contributed by atoms with E-state index in [1.807, 2.05) is 30.3 Å². The second kappa shape index (κ2) is 9.11. The SMILES string of the molecule is CC(C)COCCOC(C(C)C)C(O)c1ccccc1. The van der Waals surface area contributed by atoms with Crippen molar-refractivity contribution in [2.45, 2.75) is 39.9 Å². The lowest BCUT2D eigenvalue weighted by molar-refractivity contribution is -0.0795. The number of rotatable bonds is 9. The summed E-state index contributed by atoms with van der Waals surface area (Å²) in [5.41, 5.74) is 0.897. The van der Waals surface area contributed by atoms with E-state index in [0.29, 0.717) is 19.1 Å². The second-order valence-corrected chi connectivity index (χ2v) is 5.90. The van der Waals surface area contributed by atoms with E-state index in [1.165, 1.54) is 0 Å². The van der Waals surface area contributed by atoms with Crippen LogP contribution >= 0.6 is 0 Å². The van der Waals surface area contributed by atoms with Gasteiger partial charge < -0.3 is 14.6 Å². The first kappa shape index (κ1) is 17.2. The van der Waals surface area contributed by atoms with Crippen LogP contribution in [-0.4, -0.2) is 31.0 Å². The van der Waals surface area contributed by atoms with E-state index < -0.39 is 6.10 Å². The molecule has 1 rings (SSSR count). The molecule has 1 aromatic carbocycles. The zero-order valence-electron chi connectivity index (χ0n) is 13.1. The first-order valence-corrected chi connectivity index (χ1v) is 7.44. The van der Waals surface area contributed by atoms with Gasteiger partial charge in [-0.15, -0.1) is 0 Å². The van der Waals surface area contributed by atoms with Crippen molar-refractivity contribution in [3.05, 3.63) is 35.9 Å². The Morgan fingerprint density at radius 2 is 1.65 bits per heavy atom. The van der Waals surface area contributed by atoms with Crippen molar-refractivity contribution in [3.8, 4) is 0 Å². The highest BCUT2D eigenvalue weighted by molar-refractivity contribution is 5.18. The van der Waals surface area contributed by atoms with Gasteiger partial charge in [-0.05, 0) is 17.4 Å². The third-order valence-electron chi connectivity index (χ3n) is 3.10. The van der Waals surface area contributed by atoms with Gasteiger partial charge in [0.15, 0.2) is 0 Å². The fourth-order valence-electron chi connectivity index (χ4n) is 2.05. The van der Waals surface area contributed by atoms with Crippen LogP contribution in [0, 0.1) is 11.8 Å². The summed E-state index contributed by atoms with van der Waals surface area (Å²) in [5.74, 6) is 0.779. The van der Waals surface area contributed by atoms with E-state index in [-0.39, 0.29) is 12.0 Å². The van der Waals surface area contributed by atoms with Crippen molar-refractivity contribution in [1.82, 2.24) is 0 Å². The lowest BCUT2D eigenvalue weighted by Crippen LogP contribution is -2.29. The van der Waals surface area contributed by atoms with Crippen LogP contribution in [0.15, 0.2) is 30.3 Å². The van der Waals surface area contributed by atoms with E-state index >= 15 is 0 Å². The van der Waals surface area contributed by atoms with Crippen LogP contribution in [0.25, 0.3) is 0 Å². The minimum Gasteiger partial charge on any atom is -0.386 e. The average Bonchev–Trinajstić information content (AvgIpc) is 2.42. The Morgan fingerprint density at radius 3 is 2.20 bits per heavy atom. The van der Waals surface area contributed by atoms with Crippen LogP contribution < -0.4 is 0 Å². The number of aliphatic hydroxyl groups excluding tert-OH is 1. The zero-order chi connectivity index (χ0) is 15.0. The van der Waals surface area contributed by atoms with Gasteiger partial charge in [0.25, 0.3) is 0 Å². The van der Waals surface area contributed by atoms with E-state index in [4.69, 9.17) is 9.47 Å². The van der Waals surface area contributed by atoms with Crippen LogP contribution in [0.4, 0.5) is 0 Å². The molecule has 0 amide bonds. The Balaban J connectivity index is 2.44. The Bertz CT molecular complexity index is 349. The molecule has 0 heterocycles. The van der Waals surface area contributed by atoms with Crippen molar-refractivity contribution in [2.75, 3.05) is 19.8 Å². The number of hydrogen-bond acceptors (Lipinski definition) is 3. The molecule has 3 nitrogen and oxygen atoms in total. The third kappa shape index (κ3) is 6.04. The highest BCUT2D eigenvalue weighted by atomic mass is 16.5. The van der Waals surface area contributed by atoms with E-state index in [1.54, 1.807) is 0 Å². The summed E-state index contributed by atoms with van der Waals surface area (Å²) in [5, 5.41) is 10.4. The molecule has 0 radical (unpaired) electrons. The fourth-order valence-corrected chi connectivity index (χ4v) is 2.05. The fraction of sp³-hybridized carbons (Fsp3) is 0.647. The molecule has 0 aromatic heterocycles. The topological polar surface area (TPSA) is 38.7 Å².